The second-order valence-electron chi connectivity index (χ2n) is 10.2. The number of hydrogen-bond acceptors (Lipinski definition) is 7. The highest BCUT2D eigenvalue weighted by Gasteiger charge is 2.19. The molecular weight excluding hydrogens is 501 g/mol. The lowest BCUT2D eigenvalue weighted by Gasteiger charge is -2.30. The van der Waals surface area contributed by atoms with Crippen LogP contribution < -0.4 is 16.2 Å². The molecule has 1 aliphatic rings. The van der Waals surface area contributed by atoms with Crippen molar-refractivity contribution >= 4 is 23.1 Å². The molecule has 1 aliphatic heterocycles. The van der Waals surface area contributed by atoms with Crippen molar-refractivity contribution in [3.05, 3.63) is 87.6 Å². The predicted molar refractivity (Wildman–Crippen MR) is 146 cm³/mol. The number of nitrogens with one attached hydrogen (secondary N) is 3. The van der Waals surface area contributed by atoms with Gasteiger partial charge in [-0.2, -0.15) is 10.2 Å². The fourth-order valence-electron chi connectivity index (χ4n) is 4.27. The summed E-state index contributed by atoms with van der Waals surface area (Å²) in [6, 6.07) is 14.1. The number of aromatic nitrogens is 4. The van der Waals surface area contributed by atoms with E-state index in [0.717, 1.165) is 25.3 Å². The van der Waals surface area contributed by atoms with Crippen LogP contribution in [0.25, 0.3) is 11.3 Å². The van der Waals surface area contributed by atoms with Gasteiger partial charge in [-0.1, -0.05) is 12.1 Å². The molecule has 1 saturated heterocycles. The summed E-state index contributed by atoms with van der Waals surface area (Å²) in [5.41, 5.74) is 1.57. The average Bonchev–Trinajstić information content (AvgIpc) is 3.22. The number of nitrogens with zero attached hydrogens (tertiary/aromatic N) is 4. The molecule has 0 unspecified atom stereocenters. The minimum absolute atomic E-state index is 0.0352. The summed E-state index contributed by atoms with van der Waals surface area (Å²) in [5, 5.41) is 26.8. The first-order chi connectivity index (χ1) is 18.6. The van der Waals surface area contributed by atoms with Crippen LogP contribution in [0.15, 0.2) is 59.4 Å². The van der Waals surface area contributed by atoms with Crippen molar-refractivity contribution in [2.75, 3.05) is 23.7 Å². The van der Waals surface area contributed by atoms with E-state index in [2.05, 4.69) is 30.8 Å². The minimum Gasteiger partial charge on any atom is -0.386 e. The van der Waals surface area contributed by atoms with Crippen LogP contribution in [-0.4, -0.2) is 49.0 Å². The van der Waals surface area contributed by atoms with Crippen LogP contribution in [0, 0.1) is 5.82 Å². The Morgan fingerprint density at radius 3 is 2.51 bits per heavy atom. The third-order valence-corrected chi connectivity index (χ3v) is 6.74. The van der Waals surface area contributed by atoms with Gasteiger partial charge in [-0.15, -0.1) is 0 Å². The molecule has 1 fully saturated rings. The van der Waals surface area contributed by atoms with Gasteiger partial charge >= 0.3 is 0 Å². The number of benzene rings is 2. The lowest BCUT2D eigenvalue weighted by molar-refractivity contribution is 0.0785. The quantitative estimate of drug-likeness (QED) is 0.273. The number of halogens is 1. The number of carbonyl (C=O) groups excluding carboxylic acids is 1. The molecule has 0 bridgehead atoms. The summed E-state index contributed by atoms with van der Waals surface area (Å²) in [5.74, 6) is -0.598. The molecule has 2 aromatic heterocycles. The Morgan fingerprint density at radius 2 is 1.85 bits per heavy atom. The molecule has 0 radical (unpaired) electrons. The van der Waals surface area contributed by atoms with Gasteiger partial charge in [0.2, 0.25) is 0 Å². The Balaban J connectivity index is 1.34. The Labute approximate surface area is 224 Å². The SMILES string of the molecule is Cn1nc(Nc2cc(-c3ccc(F)c(NC(=O)c4ccc(C(C)(C)O)cc4)c3)n[nH]c2=O)cc1CN1CCC1. The third kappa shape index (κ3) is 5.89. The molecule has 0 aliphatic carbocycles. The molecule has 39 heavy (non-hydrogen) atoms. The number of carbonyl (C=O) groups is 1. The number of rotatable bonds is 8. The second kappa shape index (κ2) is 10.4. The van der Waals surface area contributed by atoms with Crippen LogP contribution in [0.4, 0.5) is 21.6 Å². The second-order valence-corrected chi connectivity index (χ2v) is 10.2. The average molecular weight is 532 g/mol. The van der Waals surface area contributed by atoms with Crippen LogP contribution in [0.3, 0.4) is 0 Å². The molecular formula is C28H30FN7O3. The van der Waals surface area contributed by atoms with Gasteiger partial charge in [-0.25, -0.2) is 9.49 Å². The maximum absolute atomic E-state index is 14.6. The molecule has 0 spiro atoms. The van der Waals surface area contributed by atoms with Gasteiger partial charge in [0.15, 0.2) is 5.82 Å². The van der Waals surface area contributed by atoms with Crippen LogP contribution in [-0.2, 0) is 19.2 Å². The van der Waals surface area contributed by atoms with Crippen molar-refractivity contribution in [3.63, 3.8) is 0 Å². The number of aromatic amines is 1. The van der Waals surface area contributed by atoms with Crippen molar-refractivity contribution in [1.29, 1.82) is 0 Å². The molecule has 202 valence electrons. The maximum atomic E-state index is 14.6. The van der Waals surface area contributed by atoms with Crippen molar-refractivity contribution < 1.29 is 14.3 Å². The van der Waals surface area contributed by atoms with E-state index in [1.165, 1.54) is 24.6 Å². The molecule has 0 saturated carbocycles. The Kier molecular flexibility index (Phi) is 7.02. The van der Waals surface area contributed by atoms with Crippen molar-refractivity contribution in [2.24, 2.45) is 7.05 Å². The van der Waals surface area contributed by atoms with Gasteiger partial charge in [0.05, 0.1) is 22.7 Å². The molecule has 1 amide bonds. The van der Waals surface area contributed by atoms with Gasteiger partial charge in [0.25, 0.3) is 11.5 Å². The van der Waals surface area contributed by atoms with E-state index in [1.54, 1.807) is 48.9 Å². The molecule has 11 heteroatoms. The summed E-state index contributed by atoms with van der Waals surface area (Å²) < 4.78 is 16.4. The number of H-pyrrole nitrogens is 1. The van der Waals surface area contributed by atoms with E-state index in [1.807, 2.05) is 13.1 Å². The van der Waals surface area contributed by atoms with Crippen molar-refractivity contribution in [3.8, 4) is 11.3 Å². The van der Waals surface area contributed by atoms with Gasteiger partial charge in [0.1, 0.15) is 11.5 Å². The number of anilines is 3. The van der Waals surface area contributed by atoms with Gasteiger partial charge < -0.3 is 15.7 Å². The molecule has 0 atom stereocenters. The van der Waals surface area contributed by atoms with Gasteiger partial charge in [-0.3, -0.25) is 19.2 Å². The standard InChI is InChI=1S/C28H30FN7O3/c1-28(2,39)19-8-5-17(6-9-19)26(37)31-23-13-18(7-10-21(23)29)22-15-24(27(38)33-32-22)30-25-14-20(35(3)34-25)16-36-11-4-12-36/h5-10,13-15,39H,4,11-12,16H2,1-3H3,(H,31,37)(H,33,38)(H,30,32,34). The zero-order valence-electron chi connectivity index (χ0n) is 22.0. The monoisotopic (exact) mass is 531 g/mol. The Bertz CT molecular complexity index is 1570. The minimum atomic E-state index is -1.04. The lowest BCUT2D eigenvalue weighted by atomic mass is 9.97. The number of aryl methyl sites for hydroxylation is 1. The largest absolute Gasteiger partial charge is 0.386 e. The molecule has 10 nitrogen and oxygen atoms in total. The molecule has 2 aromatic carbocycles. The van der Waals surface area contributed by atoms with E-state index < -0.39 is 22.9 Å². The van der Waals surface area contributed by atoms with E-state index in [4.69, 9.17) is 0 Å². The van der Waals surface area contributed by atoms with Crippen LogP contribution in [0.5, 0.6) is 0 Å². The number of aliphatic hydroxyl groups is 1. The molecule has 4 aromatic rings. The highest BCUT2D eigenvalue weighted by molar-refractivity contribution is 6.04. The summed E-state index contributed by atoms with van der Waals surface area (Å²) in [6.07, 6.45) is 1.20. The smallest absolute Gasteiger partial charge is 0.287 e. The maximum Gasteiger partial charge on any atom is 0.287 e. The van der Waals surface area contributed by atoms with Crippen LogP contribution >= 0.6 is 0 Å². The first-order valence-electron chi connectivity index (χ1n) is 12.6. The highest BCUT2D eigenvalue weighted by Crippen LogP contribution is 2.26. The van der Waals surface area contributed by atoms with Crippen LogP contribution in [0.2, 0.25) is 0 Å². The summed E-state index contributed by atoms with van der Waals surface area (Å²) in [6.45, 7) is 6.22. The first-order valence-corrected chi connectivity index (χ1v) is 12.6. The summed E-state index contributed by atoms with van der Waals surface area (Å²) in [7, 11) is 1.86. The number of hydrogen-bond donors (Lipinski definition) is 4. The Morgan fingerprint density at radius 1 is 1.10 bits per heavy atom. The normalized spacial score (nSPS) is 13.7. The molecule has 5 rings (SSSR count). The Hall–Kier alpha value is -4.35. The van der Waals surface area contributed by atoms with E-state index >= 15 is 0 Å². The zero-order valence-corrected chi connectivity index (χ0v) is 22.0. The molecule has 4 N–H and O–H groups in total. The van der Waals surface area contributed by atoms with Gasteiger partial charge in [-0.05, 0) is 75.3 Å². The van der Waals surface area contributed by atoms with E-state index in [-0.39, 0.29) is 11.4 Å². The van der Waals surface area contributed by atoms with E-state index in [9.17, 15) is 19.1 Å². The number of amides is 1. The first kappa shape index (κ1) is 26.3. The van der Waals surface area contributed by atoms with Crippen molar-refractivity contribution in [1.82, 2.24) is 24.9 Å². The lowest BCUT2D eigenvalue weighted by Crippen LogP contribution is -2.36. The molecule has 3 heterocycles. The number of likely N-dealkylation sites (tertiary alicyclic amines) is 1. The fourth-order valence-corrected chi connectivity index (χ4v) is 4.27. The van der Waals surface area contributed by atoms with Crippen LogP contribution in [0.1, 0.15) is 41.9 Å². The predicted octanol–water partition coefficient (Wildman–Crippen LogP) is 3.74. The summed E-state index contributed by atoms with van der Waals surface area (Å²) in [4.78, 5) is 27.6. The zero-order chi connectivity index (χ0) is 27.7. The van der Waals surface area contributed by atoms with E-state index in [0.29, 0.717) is 28.2 Å². The van der Waals surface area contributed by atoms with Gasteiger partial charge in [0, 0.05) is 30.8 Å². The fraction of sp³-hybridized carbons (Fsp3) is 0.286. The third-order valence-electron chi connectivity index (χ3n) is 6.74. The topological polar surface area (TPSA) is 128 Å². The summed E-state index contributed by atoms with van der Waals surface area (Å²) >= 11 is 0. The highest BCUT2D eigenvalue weighted by atomic mass is 19.1. The van der Waals surface area contributed by atoms with Crippen molar-refractivity contribution in [2.45, 2.75) is 32.4 Å².